The first kappa shape index (κ1) is 11.7. The number of amides is 1. The van der Waals surface area contributed by atoms with Gasteiger partial charge in [0.2, 0.25) is 5.91 Å². The van der Waals surface area contributed by atoms with E-state index < -0.39 is 0 Å². The number of nitrogens with zero attached hydrogens (tertiary/aromatic N) is 4. The number of aromatic amines is 1. The van der Waals surface area contributed by atoms with E-state index in [1.165, 1.54) is 0 Å². The normalized spacial score (nSPS) is 26.4. The second-order valence-electron chi connectivity index (χ2n) is 5.08. The first-order valence-electron chi connectivity index (χ1n) is 6.43. The molecule has 6 heteroatoms. The molecular weight excluding hydrogens is 230 g/mol. The number of hydrogen-bond donors (Lipinski definition) is 1. The maximum absolute atomic E-state index is 12.1. The van der Waals surface area contributed by atoms with Crippen LogP contribution in [0.2, 0.25) is 0 Å². The van der Waals surface area contributed by atoms with Crippen LogP contribution in [0, 0.1) is 0 Å². The van der Waals surface area contributed by atoms with Gasteiger partial charge in [0.05, 0.1) is 6.54 Å². The molecule has 0 saturated carbocycles. The first-order valence-corrected chi connectivity index (χ1v) is 6.43. The Hall–Kier alpha value is -1.40. The van der Waals surface area contributed by atoms with Crippen molar-refractivity contribution in [3.05, 3.63) is 18.2 Å². The number of nitrogens with one attached hydrogen (secondary N) is 1. The quantitative estimate of drug-likeness (QED) is 0.758. The molecule has 98 valence electrons. The molecule has 1 atom stereocenters. The van der Waals surface area contributed by atoms with Crippen molar-refractivity contribution in [2.24, 2.45) is 0 Å². The minimum atomic E-state index is 0.0347. The summed E-state index contributed by atoms with van der Waals surface area (Å²) in [6.45, 7) is 5.45. The lowest BCUT2D eigenvalue weighted by Gasteiger charge is -2.45. The fourth-order valence-corrected chi connectivity index (χ4v) is 2.76. The predicted molar refractivity (Wildman–Crippen MR) is 66.9 cm³/mol. The van der Waals surface area contributed by atoms with Crippen molar-refractivity contribution in [3.8, 4) is 0 Å². The number of imidazole rings is 1. The molecule has 0 bridgehead atoms. The third-order valence-corrected chi connectivity index (χ3v) is 3.89. The molecule has 0 aliphatic carbocycles. The van der Waals surface area contributed by atoms with E-state index in [-0.39, 0.29) is 11.9 Å². The van der Waals surface area contributed by atoms with Crippen LogP contribution in [0.25, 0.3) is 0 Å². The zero-order valence-corrected chi connectivity index (χ0v) is 10.7. The summed E-state index contributed by atoms with van der Waals surface area (Å²) in [6.07, 6.45) is 3.61. The summed E-state index contributed by atoms with van der Waals surface area (Å²) < 4.78 is 0. The predicted octanol–water partition coefficient (Wildman–Crippen LogP) is -0.632. The van der Waals surface area contributed by atoms with Crippen LogP contribution in [-0.4, -0.2) is 76.4 Å². The van der Waals surface area contributed by atoms with Gasteiger partial charge in [-0.1, -0.05) is 0 Å². The Bertz CT molecular complexity index is 418. The van der Waals surface area contributed by atoms with Crippen molar-refractivity contribution in [3.63, 3.8) is 0 Å². The fraction of sp³-hybridized carbons (Fsp3) is 0.667. The molecule has 1 aromatic rings. The van der Waals surface area contributed by atoms with Gasteiger partial charge in [0.15, 0.2) is 0 Å². The van der Waals surface area contributed by atoms with Crippen molar-refractivity contribution in [2.45, 2.75) is 12.6 Å². The largest absolute Gasteiger partial charge is 0.348 e. The van der Waals surface area contributed by atoms with Gasteiger partial charge in [0.25, 0.3) is 0 Å². The summed E-state index contributed by atoms with van der Waals surface area (Å²) in [6, 6.07) is 0.0347. The molecule has 18 heavy (non-hydrogen) atoms. The van der Waals surface area contributed by atoms with E-state index in [1.807, 2.05) is 18.1 Å². The van der Waals surface area contributed by atoms with Crippen molar-refractivity contribution in [2.75, 3.05) is 39.8 Å². The second-order valence-corrected chi connectivity index (χ2v) is 5.08. The van der Waals surface area contributed by atoms with Crippen LogP contribution >= 0.6 is 0 Å². The minimum Gasteiger partial charge on any atom is -0.348 e. The molecule has 0 radical (unpaired) electrons. The van der Waals surface area contributed by atoms with Gasteiger partial charge in [-0.05, 0) is 0 Å². The van der Waals surface area contributed by atoms with Gasteiger partial charge < -0.3 is 9.88 Å². The Morgan fingerprint density at radius 2 is 2.22 bits per heavy atom. The smallest absolute Gasteiger partial charge is 0.241 e. The SMILES string of the molecule is CN1CCN2CCN(Cc3ncc[nH]3)CC2C1=O. The molecule has 1 N–H and O–H groups in total. The van der Waals surface area contributed by atoms with Crippen molar-refractivity contribution in [1.29, 1.82) is 0 Å². The molecule has 0 spiro atoms. The molecule has 6 nitrogen and oxygen atoms in total. The minimum absolute atomic E-state index is 0.0347. The van der Waals surface area contributed by atoms with Crippen molar-refractivity contribution in [1.82, 2.24) is 24.7 Å². The Balaban J connectivity index is 1.65. The zero-order valence-electron chi connectivity index (χ0n) is 10.7. The molecule has 1 amide bonds. The standard InChI is InChI=1S/C12H19N5O/c1-15-4-6-17-7-5-16(8-10(17)12(15)18)9-11-13-2-3-14-11/h2-3,10H,4-9H2,1H3,(H,13,14). The monoisotopic (exact) mass is 249 g/mol. The number of carbonyl (C=O) groups is 1. The number of aromatic nitrogens is 2. The number of piperazine rings is 2. The van der Waals surface area contributed by atoms with Crippen LogP contribution in [0.3, 0.4) is 0 Å². The van der Waals surface area contributed by atoms with Gasteiger partial charge in [-0.25, -0.2) is 4.98 Å². The highest BCUT2D eigenvalue weighted by Gasteiger charge is 2.37. The molecule has 1 unspecified atom stereocenters. The topological polar surface area (TPSA) is 55.5 Å². The highest BCUT2D eigenvalue weighted by Crippen LogP contribution is 2.16. The van der Waals surface area contributed by atoms with E-state index >= 15 is 0 Å². The summed E-state index contributed by atoms with van der Waals surface area (Å²) in [4.78, 5) is 26.0. The van der Waals surface area contributed by atoms with Gasteiger partial charge in [-0.2, -0.15) is 0 Å². The number of hydrogen-bond acceptors (Lipinski definition) is 4. The lowest BCUT2D eigenvalue weighted by molar-refractivity contribution is -0.143. The molecule has 3 heterocycles. The Labute approximate surface area is 107 Å². The second kappa shape index (κ2) is 4.70. The number of fused-ring (bicyclic) bond motifs is 1. The number of H-pyrrole nitrogens is 1. The van der Waals surface area contributed by atoms with Crippen LogP contribution in [0.15, 0.2) is 12.4 Å². The number of rotatable bonds is 2. The summed E-state index contributed by atoms with van der Waals surface area (Å²) in [7, 11) is 1.89. The Kier molecular flexibility index (Phi) is 3.05. The maximum atomic E-state index is 12.1. The third-order valence-electron chi connectivity index (χ3n) is 3.89. The van der Waals surface area contributed by atoms with Gasteiger partial charge in [-0.3, -0.25) is 14.6 Å². The number of likely N-dealkylation sites (N-methyl/N-ethyl adjacent to an activating group) is 1. The van der Waals surface area contributed by atoms with E-state index in [0.29, 0.717) is 0 Å². The van der Waals surface area contributed by atoms with Crippen molar-refractivity contribution < 1.29 is 4.79 Å². The van der Waals surface area contributed by atoms with E-state index in [2.05, 4.69) is 19.8 Å². The third kappa shape index (κ3) is 2.13. The van der Waals surface area contributed by atoms with E-state index in [1.54, 1.807) is 6.20 Å². The van der Waals surface area contributed by atoms with Crippen LogP contribution in [0.4, 0.5) is 0 Å². The molecule has 1 aromatic heterocycles. The highest BCUT2D eigenvalue weighted by atomic mass is 16.2. The van der Waals surface area contributed by atoms with E-state index in [4.69, 9.17) is 0 Å². The maximum Gasteiger partial charge on any atom is 0.241 e. The average molecular weight is 249 g/mol. The lowest BCUT2D eigenvalue weighted by Crippen LogP contribution is -2.63. The van der Waals surface area contributed by atoms with Crippen LogP contribution in [0.1, 0.15) is 5.82 Å². The number of carbonyl (C=O) groups excluding carboxylic acids is 1. The van der Waals surface area contributed by atoms with E-state index in [9.17, 15) is 4.79 Å². The summed E-state index contributed by atoms with van der Waals surface area (Å²) >= 11 is 0. The molecule has 2 aliphatic heterocycles. The van der Waals surface area contributed by atoms with Crippen LogP contribution in [-0.2, 0) is 11.3 Å². The Morgan fingerprint density at radius 3 is 3.00 bits per heavy atom. The van der Waals surface area contributed by atoms with Gasteiger partial charge in [0, 0.05) is 52.2 Å². The summed E-state index contributed by atoms with van der Waals surface area (Å²) in [5.74, 6) is 1.23. The van der Waals surface area contributed by atoms with Gasteiger partial charge >= 0.3 is 0 Å². The Morgan fingerprint density at radius 1 is 1.39 bits per heavy atom. The van der Waals surface area contributed by atoms with Gasteiger partial charge in [-0.15, -0.1) is 0 Å². The highest BCUT2D eigenvalue weighted by molar-refractivity contribution is 5.82. The molecule has 2 saturated heterocycles. The molecule has 2 aliphatic rings. The first-order chi connectivity index (χ1) is 8.74. The molecular formula is C12H19N5O. The summed E-state index contributed by atoms with van der Waals surface area (Å²) in [5.41, 5.74) is 0. The average Bonchev–Trinajstić information content (AvgIpc) is 2.87. The van der Waals surface area contributed by atoms with Crippen LogP contribution < -0.4 is 0 Å². The molecule has 0 aromatic carbocycles. The molecule has 3 rings (SSSR count). The van der Waals surface area contributed by atoms with E-state index in [0.717, 1.165) is 45.1 Å². The van der Waals surface area contributed by atoms with Crippen LogP contribution in [0.5, 0.6) is 0 Å². The van der Waals surface area contributed by atoms with Gasteiger partial charge in [0.1, 0.15) is 11.9 Å². The lowest BCUT2D eigenvalue weighted by atomic mass is 10.1. The zero-order chi connectivity index (χ0) is 12.5. The summed E-state index contributed by atoms with van der Waals surface area (Å²) in [5, 5.41) is 0. The van der Waals surface area contributed by atoms with Crippen molar-refractivity contribution >= 4 is 5.91 Å². The molecule has 2 fully saturated rings. The fourth-order valence-electron chi connectivity index (χ4n) is 2.76.